The van der Waals surface area contributed by atoms with E-state index in [2.05, 4.69) is 5.32 Å². The molecular weight excluding hydrogens is 200 g/mol. The number of carbonyl (C=O) groups excluding carboxylic acids is 1. The minimum atomic E-state index is 0. The maximum Gasteiger partial charge on any atom is 0.251 e. The van der Waals surface area contributed by atoms with Crippen LogP contribution in [0.1, 0.15) is 21.5 Å². The van der Waals surface area contributed by atoms with Gasteiger partial charge in [0, 0.05) is 18.7 Å². The summed E-state index contributed by atoms with van der Waals surface area (Å²) in [6.07, 6.45) is 0.923. The molecule has 3 nitrogen and oxygen atoms in total. The Kier molecular flexibility index (Phi) is 3.49. The van der Waals surface area contributed by atoms with E-state index in [-0.39, 0.29) is 18.3 Å². The number of amides is 1. The van der Waals surface area contributed by atoms with Crippen molar-refractivity contribution in [3.63, 3.8) is 0 Å². The van der Waals surface area contributed by atoms with Gasteiger partial charge >= 0.3 is 0 Å². The van der Waals surface area contributed by atoms with Gasteiger partial charge in [0.1, 0.15) is 0 Å². The normalized spacial score (nSPS) is 13.9. The third-order valence-corrected chi connectivity index (χ3v) is 2.33. The van der Waals surface area contributed by atoms with Crippen LogP contribution in [-0.2, 0) is 13.0 Å². The molecule has 1 aromatic carbocycles. The number of hydrogen-bond acceptors (Lipinski definition) is 2. The molecule has 4 heteroatoms. The average molecular weight is 213 g/mol. The van der Waals surface area contributed by atoms with Crippen LogP contribution in [0.4, 0.5) is 0 Å². The van der Waals surface area contributed by atoms with Gasteiger partial charge in [-0.3, -0.25) is 4.79 Å². The molecule has 0 saturated heterocycles. The second-order valence-corrected chi connectivity index (χ2v) is 3.20. The maximum atomic E-state index is 11.4. The first-order valence-electron chi connectivity index (χ1n) is 4.41. The molecule has 14 heavy (non-hydrogen) atoms. The first-order chi connectivity index (χ1) is 6.31. The van der Waals surface area contributed by atoms with Crippen molar-refractivity contribution < 1.29 is 4.79 Å². The molecule has 76 valence electrons. The molecule has 2 rings (SSSR count). The molecule has 0 bridgehead atoms. The summed E-state index contributed by atoms with van der Waals surface area (Å²) >= 11 is 0. The van der Waals surface area contributed by atoms with Crippen LogP contribution in [0.3, 0.4) is 0 Å². The van der Waals surface area contributed by atoms with Crippen molar-refractivity contribution in [3.05, 3.63) is 34.9 Å². The molecular formula is C10H13ClN2O. The highest BCUT2D eigenvalue weighted by Gasteiger charge is 2.15. The van der Waals surface area contributed by atoms with Crippen LogP contribution in [0.5, 0.6) is 0 Å². The highest BCUT2D eigenvalue weighted by Crippen LogP contribution is 2.15. The Hall–Kier alpha value is -1.06. The quantitative estimate of drug-likeness (QED) is 0.726. The molecule has 0 aromatic heterocycles. The standard InChI is InChI=1S/C10H12N2O.ClH/c11-6-7-1-2-8-3-4-12-10(13)9(8)5-7;/h1-2,5H,3-4,6,11H2,(H,12,13);1H. The number of carbonyl (C=O) groups is 1. The van der Waals surface area contributed by atoms with Gasteiger partial charge in [0.2, 0.25) is 0 Å². The van der Waals surface area contributed by atoms with E-state index in [1.54, 1.807) is 0 Å². The van der Waals surface area contributed by atoms with Gasteiger partial charge in [-0.25, -0.2) is 0 Å². The summed E-state index contributed by atoms with van der Waals surface area (Å²) in [7, 11) is 0. The molecule has 0 spiro atoms. The number of rotatable bonds is 1. The average Bonchev–Trinajstić information content (AvgIpc) is 2.18. The largest absolute Gasteiger partial charge is 0.352 e. The lowest BCUT2D eigenvalue weighted by Crippen LogP contribution is -2.31. The monoisotopic (exact) mass is 212 g/mol. The molecule has 0 saturated carbocycles. The number of hydrogen-bond donors (Lipinski definition) is 2. The molecule has 0 aliphatic carbocycles. The Morgan fingerprint density at radius 3 is 2.93 bits per heavy atom. The fourth-order valence-electron chi connectivity index (χ4n) is 1.59. The molecule has 1 aromatic rings. The van der Waals surface area contributed by atoms with E-state index in [4.69, 9.17) is 5.73 Å². The second-order valence-electron chi connectivity index (χ2n) is 3.20. The van der Waals surface area contributed by atoms with Gasteiger partial charge in [-0.1, -0.05) is 12.1 Å². The maximum absolute atomic E-state index is 11.4. The van der Waals surface area contributed by atoms with E-state index in [0.29, 0.717) is 6.54 Å². The van der Waals surface area contributed by atoms with Gasteiger partial charge in [0.05, 0.1) is 0 Å². The predicted molar refractivity (Wildman–Crippen MR) is 57.6 cm³/mol. The van der Waals surface area contributed by atoms with E-state index in [1.807, 2.05) is 18.2 Å². The molecule has 1 aliphatic rings. The summed E-state index contributed by atoms with van der Waals surface area (Å²) in [5, 5.41) is 2.81. The zero-order valence-electron chi connectivity index (χ0n) is 7.75. The van der Waals surface area contributed by atoms with Gasteiger partial charge < -0.3 is 11.1 Å². The Morgan fingerprint density at radius 2 is 2.21 bits per heavy atom. The zero-order chi connectivity index (χ0) is 9.26. The smallest absolute Gasteiger partial charge is 0.251 e. The van der Waals surface area contributed by atoms with Crippen molar-refractivity contribution in [2.45, 2.75) is 13.0 Å². The van der Waals surface area contributed by atoms with E-state index in [1.165, 1.54) is 0 Å². The molecule has 1 heterocycles. The van der Waals surface area contributed by atoms with Crippen molar-refractivity contribution in [3.8, 4) is 0 Å². The number of nitrogens with one attached hydrogen (secondary N) is 1. The van der Waals surface area contributed by atoms with E-state index in [0.717, 1.165) is 29.7 Å². The Labute approximate surface area is 89.1 Å². The van der Waals surface area contributed by atoms with E-state index in [9.17, 15) is 4.79 Å². The Balaban J connectivity index is 0.000000980. The summed E-state index contributed by atoms with van der Waals surface area (Å²) in [4.78, 5) is 11.4. The Morgan fingerprint density at radius 1 is 1.43 bits per heavy atom. The second kappa shape index (κ2) is 4.44. The third-order valence-electron chi connectivity index (χ3n) is 2.33. The molecule has 0 fully saturated rings. The predicted octanol–water partition coefficient (Wildman–Crippen LogP) is 0.853. The van der Waals surface area contributed by atoms with Crippen LogP contribution in [0.15, 0.2) is 18.2 Å². The minimum Gasteiger partial charge on any atom is -0.352 e. The van der Waals surface area contributed by atoms with Gasteiger partial charge in [-0.05, 0) is 23.6 Å². The van der Waals surface area contributed by atoms with E-state index < -0.39 is 0 Å². The van der Waals surface area contributed by atoms with Gasteiger partial charge in [0.25, 0.3) is 5.91 Å². The lowest BCUT2D eigenvalue weighted by molar-refractivity contribution is 0.0946. The highest BCUT2D eigenvalue weighted by molar-refractivity contribution is 5.96. The number of nitrogens with two attached hydrogens (primary N) is 1. The molecule has 1 amide bonds. The molecule has 0 unspecified atom stereocenters. The lowest BCUT2D eigenvalue weighted by Gasteiger charge is -2.16. The lowest BCUT2D eigenvalue weighted by atomic mass is 9.98. The summed E-state index contributed by atoms with van der Waals surface area (Å²) in [5.41, 5.74) is 8.42. The van der Waals surface area contributed by atoms with Crippen LogP contribution in [0, 0.1) is 0 Å². The topological polar surface area (TPSA) is 55.1 Å². The number of halogens is 1. The minimum absolute atomic E-state index is 0. The van der Waals surface area contributed by atoms with Crippen molar-refractivity contribution in [1.29, 1.82) is 0 Å². The fraction of sp³-hybridized carbons (Fsp3) is 0.300. The first kappa shape index (κ1) is 11.0. The molecule has 0 atom stereocenters. The molecule has 1 aliphatic heterocycles. The van der Waals surface area contributed by atoms with Crippen molar-refractivity contribution in [1.82, 2.24) is 5.32 Å². The van der Waals surface area contributed by atoms with Crippen molar-refractivity contribution >= 4 is 18.3 Å². The number of fused-ring (bicyclic) bond motifs is 1. The molecule has 3 N–H and O–H groups in total. The summed E-state index contributed by atoms with van der Waals surface area (Å²) < 4.78 is 0. The Bertz CT molecular complexity index is 352. The van der Waals surface area contributed by atoms with E-state index >= 15 is 0 Å². The van der Waals surface area contributed by atoms with Crippen LogP contribution < -0.4 is 11.1 Å². The van der Waals surface area contributed by atoms with Crippen molar-refractivity contribution in [2.24, 2.45) is 5.73 Å². The summed E-state index contributed by atoms with van der Waals surface area (Å²) in [6.45, 7) is 1.23. The first-order valence-corrected chi connectivity index (χ1v) is 4.41. The molecule has 0 radical (unpaired) electrons. The van der Waals surface area contributed by atoms with Gasteiger partial charge in [-0.15, -0.1) is 12.4 Å². The fourth-order valence-corrected chi connectivity index (χ4v) is 1.59. The highest BCUT2D eigenvalue weighted by atomic mass is 35.5. The zero-order valence-corrected chi connectivity index (χ0v) is 8.56. The van der Waals surface area contributed by atoms with Crippen molar-refractivity contribution in [2.75, 3.05) is 6.54 Å². The summed E-state index contributed by atoms with van der Waals surface area (Å²) in [5.74, 6) is 0.0246. The van der Waals surface area contributed by atoms with Crippen LogP contribution >= 0.6 is 12.4 Å². The van der Waals surface area contributed by atoms with Crippen LogP contribution in [0.2, 0.25) is 0 Å². The van der Waals surface area contributed by atoms with Gasteiger partial charge in [0.15, 0.2) is 0 Å². The van der Waals surface area contributed by atoms with Gasteiger partial charge in [-0.2, -0.15) is 0 Å². The number of benzene rings is 1. The summed E-state index contributed by atoms with van der Waals surface area (Å²) in [6, 6.07) is 5.86. The van der Waals surface area contributed by atoms with Crippen LogP contribution in [0.25, 0.3) is 0 Å². The SMILES string of the molecule is Cl.NCc1ccc2c(c1)C(=O)NCC2. The van der Waals surface area contributed by atoms with Crippen LogP contribution in [-0.4, -0.2) is 12.5 Å². The third kappa shape index (κ3) is 1.89.